The maximum atomic E-state index is 12.6. The van der Waals surface area contributed by atoms with Gasteiger partial charge in [0.25, 0.3) is 11.8 Å². The summed E-state index contributed by atoms with van der Waals surface area (Å²) in [5.41, 5.74) is 7.42. The third-order valence-corrected chi connectivity index (χ3v) is 6.56. The molecule has 0 bridgehead atoms. The van der Waals surface area contributed by atoms with E-state index in [0.717, 1.165) is 31.2 Å². The van der Waals surface area contributed by atoms with Crippen LogP contribution in [0.15, 0.2) is 35.1 Å². The highest BCUT2D eigenvalue weighted by atomic mass is 32.1. The summed E-state index contributed by atoms with van der Waals surface area (Å²) >= 11 is 1.50. The van der Waals surface area contributed by atoms with E-state index in [-0.39, 0.29) is 18.1 Å². The first kappa shape index (κ1) is 19.4. The van der Waals surface area contributed by atoms with Gasteiger partial charge in [0, 0.05) is 11.4 Å². The summed E-state index contributed by atoms with van der Waals surface area (Å²) in [5.74, 6) is -0.766. The number of carbonyl (C=O) groups excluding carboxylic acids is 2. The lowest BCUT2D eigenvalue weighted by atomic mass is 10.1. The number of hydrazine groups is 1. The number of nitrogens with one attached hydrogen (secondary N) is 2. The second kappa shape index (κ2) is 8.24. The van der Waals surface area contributed by atoms with Gasteiger partial charge in [0.15, 0.2) is 0 Å². The Labute approximate surface area is 172 Å². The molecule has 4 rings (SSSR count). The highest BCUT2D eigenvalue weighted by Gasteiger charge is 2.18. The van der Waals surface area contributed by atoms with Crippen molar-refractivity contribution in [1.82, 2.24) is 20.0 Å². The summed E-state index contributed by atoms with van der Waals surface area (Å²) < 4.78 is 3.05. The molecule has 0 atom stereocenters. The maximum Gasteiger partial charge on any atom is 0.329 e. The molecule has 0 saturated heterocycles. The van der Waals surface area contributed by atoms with Gasteiger partial charge in [0.1, 0.15) is 6.54 Å². The van der Waals surface area contributed by atoms with E-state index in [2.05, 4.69) is 10.9 Å². The van der Waals surface area contributed by atoms with Crippen molar-refractivity contribution < 1.29 is 9.59 Å². The van der Waals surface area contributed by atoms with Crippen molar-refractivity contribution in [2.45, 2.75) is 52.1 Å². The lowest BCUT2D eigenvalue weighted by Gasteiger charge is -2.07. The maximum absolute atomic E-state index is 12.6. The van der Waals surface area contributed by atoms with Gasteiger partial charge in [0.2, 0.25) is 0 Å². The van der Waals surface area contributed by atoms with E-state index in [1.807, 2.05) is 37.3 Å². The lowest BCUT2D eigenvalue weighted by Crippen LogP contribution is -2.44. The van der Waals surface area contributed by atoms with Crippen LogP contribution in [0.5, 0.6) is 0 Å². The highest BCUT2D eigenvalue weighted by Crippen LogP contribution is 2.28. The number of nitrogens with zero attached hydrogens (tertiary/aromatic N) is 2. The quantitative estimate of drug-likeness (QED) is 0.510. The number of aryl methyl sites for hydroxylation is 3. The predicted octanol–water partition coefficient (Wildman–Crippen LogP) is 2.61. The Morgan fingerprint density at radius 3 is 2.52 bits per heavy atom. The average molecular weight is 413 g/mol. The van der Waals surface area contributed by atoms with Gasteiger partial charge in [-0.1, -0.05) is 18.6 Å². The van der Waals surface area contributed by atoms with Crippen LogP contribution >= 0.6 is 11.3 Å². The molecular weight excluding hydrogens is 388 g/mol. The van der Waals surface area contributed by atoms with E-state index in [1.54, 1.807) is 4.57 Å². The first-order valence-electron chi connectivity index (χ1n) is 9.97. The molecule has 152 valence electrons. The standard InChI is InChI=1S/C21H24N4O3S/c1-2-24-15-9-6-7-10-16(15)25(21(24)28)13-19(26)22-23-20(27)18-12-14-8-4-3-5-11-17(14)29-18/h6-7,9-10,12H,2-5,8,11,13H2,1H3,(H,22,26)(H,23,27). The minimum atomic E-state index is -0.447. The monoisotopic (exact) mass is 412 g/mol. The first-order valence-corrected chi connectivity index (χ1v) is 10.8. The van der Waals surface area contributed by atoms with Crippen LogP contribution in [0.1, 0.15) is 46.3 Å². The molecule has 1 aliphatic carbocycles. The molecule has 8 heteroatoms. The predicted molar refractivity (Wildman–Crippen MR) is 113 cm³/mol. The Balaban J connectivity index is 1.43. The fourth-order valence-electron chi connectivity index (χ4n) is 3.88. The van der Waals surface area contributed by atoms with Crippen LogP contribution in [0, 0.1) is 0 Å². The Morgan fingerprint density at radius 1 is 1.03 bits per heavy atom. The third-order valence-electron chi connectivity index (χ3n) is 5.33. The highest BCUT2D eigenvalue weighted by molar-refractivity contribution is 7.14. The molecule has 1 aromatic carbocycles. The van der Waals surface area contributed by atoms with Crippen LogP contribution in [0.2, 0.25) is 0 Å². The molecule has 0 spiro atoms. The number of para-hydroxylation sites is 2. The summed E-state index contributed by atoms with van der Waals surface area (Å²) in [7, 11) is 0. The zero-order valence-electron chi connectivity index (χ0n) is 16.4. The summed E-state index contributed by atoms with van der Waals surface area (Å²) in [6, 6.07) is 9.30. The van der Waals surface area contributed by atoms with Crippen molar-refractivity contribution in [1.29, 1.82) is 0 Å². The molecule has 7 nitrogen and oxygen atoms in total. The topological polar surface area (TPSA) is 85.1 Å². The number of fused-ring (bicyclic) bond motifs is 2. The largest absolute Gasteiger partial charge is 0.329 e. The zero-order valence-corrected chi connectivity index (χ0v) is 17.2. The number of amides is 2. The Hall–Kier alpha value is -2.87. The van der Waals surface area contributed by atoms with Gasteiger partial charge in [-0.05, 0) is 56.4 Å². The lowest BCUT2D eigenvalue weighted by molar-refractivity contribution is -0.122. The van der Waals surface area contributed by atoms with Gasteiger partial charge in [0.05, 0.1) is 15.9 Å². The number of rotatable bonds is 4. The molecule has 2 amide bonds. The fraction of sp³-hybridized carbons (Fsp3) is 0.381. The first-order chi connectivity index (χ1) is 14.1. The van der Waals surface area contributed by atoms with Crippen LogP contribution in [0.3, 0.4) is 0 Å². The normalized spacial score (nSPS) is 13.7. The van der Waals surface area contributed by atoms with Crippen molar-refractivity contribution in [2.24, 2.45) is 0 Å². The summed E-state index contributed by atoms with van der Waals surface area (Å²) in [4.78, 5) is 39.3. The minimum Gasteiger partial charge on any atom is -0.292 e. The molecule has 0 fully saturated rings. The number of aromatic nitrogens is 2. The van der Waals surface area contributed by atoms with Crippen LogP contribution in [-0.4, -0.2) is 20.9 Å². The number of benzene rings is 1. The van der Waals surface area contributed by atoms with Crippen LogP contribution in [-0.2, 0) is 30.7 Å². The van der Waals surface area contributed by atoms with Gasteiger partial charge in [-0.2, -0.15) is 0 Å². The molecule has 0 aliphatic heterocycles. The molecule has 0 unspecified atom stereocenters. The van der Waals surface area contributed by atoms with Crippen molar-refractivity contribution in [2.75, 3.05) is 0 Å². The molecule has 29 heavy (non-hydrogen) atoms. The van der Waals surface area contributed by atoms with Gasteiger partial charge in [-0.3, -0.25) is 29.6 Å². The van der Waals surface area contributed by atoms with Gasteiger partial charge >= 0.3 is 5.69 Å². The zero-order chi connectivity index (χ0) is 20.4. The number of thiophene rings is 1. The van der Waals surface area contributed by atoms with E-state index in [4.69, 9.17) is 0 Å². The smallest absolute Gasteiger partial charge is 0.292 e. The van der Waals surface area contributed by atoms with E-state index in [9.17, 15) is 14.4 Å². The van der Waals surface area contributed by atoms with Crippen molar-refractivity contribution in [3.63, 3.8) is 0 Å². The van der Waals surface area contributed by atoms with Gasteiger partial charge < -0.3 is 0 Å². The summed E-state index contributed by atoms with van der Waals surface area (Å²) in [5, 5.41) is 0. The Bertz CT molecular complexity index is 1100. The van der Waals surface area contributed by atoms with Crippen molar-refractivity contribution >= 4 is 34.2 Å². The van der Waals surface area contributed by atoms with Crippen molar-refractivity contribution in [3.8, 4) is 0 Å². The van der Waals surface area contributed by atoms with E-state index in [0.29, 0.717) is 16.9 Å². The third kappa shape index (κ3) is 3.85. The van der Waals surface area contributed by atoms with Gasteiger partial charge in [-0.15, -0.1) is 11.3 Å². The molecule has 2 N–H and O–H groups in total. The molecule has 1 aliphatic rings. The number of hydrogen-bond acceptors (Lipinski definition) is 4. The molecule has 3 aromatic rings. The van der Waals surface area contributed by atoms with Crippen molar-refractivity contribution in [3.05, 3.63) is 56.1 Å². The molecule has 0 saturated carbocycles. The SMILES string of the molecule is CCn1c(=O)n(CC(=O)NNC(=O)c2cc3c(s2)CCCCC3)c2ccccc21. The Morgan fingerprint density at radius 2 is 1.76 bits per heavy atom. The summed E-state index contributed by atoms with van der Waals surface area (Å²) in [6.07, 6.45) is 5.57. The fourth-order valence-corrected chi connectivity index (χ4v) is 5.03. The Kier molecular flexibility index (Phi) is 5.53. The van der Waals surface area contributed by atoms with E-state index >= 15 is 0 Å². The minimum absolute atomic E-state index is 0.159. The molecule has 0 radical (unpaired) electrons. The second-order valence-corrected chi connectivity index (χ2v) is 8.36. The average Bonchev–Trinajstić information content (AvgIpc) is 3.16. The van der Waals surface area contributed by atoms with E-state index in [1.165, 1.54) is 32.8 Å². The van der Waals surface area contributed by atoms with Crippen LogP contribution in [0.25, 0.3) is 11.0 Å². The number of carbonyl (C=O) groups is 2. The number of hydrogen-bond donors (Lipinski definition) is 2. The molecule has 2 heterocycles. The van der Waals surface area contributed by atoms with Crippen LogP contribution in [0.4, 0.5) is 0 Å². The molecule has 2 aromatic heterocycles. The van der Waals surface area contributed by atoms with Gasteiger partial charge in [-0.25, -0.2) is 4.79 Å². The second-order valence-electron chi connectivity index (χ2n) is 7.22. The molecular formula is C21H24N4O3S. The van der Waals surface area contributed by atoms with Crippen LogP contribution < -0.4 is 16.5 Å². The van der Waals surface area contributed by atoms with E-state index < -0.39 is 5.91 Å². The number of imidazole rings is 1. The summed E-state index contributed by atoms with van der Waals surface area (Å²) in [6.45, 7) is 2.25.